The highest BCUT2D eigenvalue weighted by atomic mass is 16.1. The minimum absolute atomic E-state index is 0.0523. The number of aryl methyl sites for hydroxylation is 2. The van der Waals surface area contributed by atoms with Gasteiger partial charge in [-0.1, -0.05) is 36.4 Å². The first-order valence-corrected chi connectivity index (χ1v) is 9.24. The number of H-pyrrole nitrogens is 1. The normalized spacial score (nSPS) is 14.5. The van der Waals surface area contributed by atoms with E-state index in [1.54, 1.807) is 0 Å². The van der Waals surface area contributed by atoms with E-state index in [-0.39, 0.29) is 11.9 Å². The second kappa shape index (κ2) is 7.16. The van der Waals surface area contributed by atoms with Gasteiger partial charge in [-0.05, 0) is 61.4 Å². The molecular formula is C22H23N3O. The van der Waals surface area contributed by atoms with Crippen LogP contribution >= 0.6 is 0 Å². The predicted octanol–water partition coefficient (Wildman–Crippen LogP) is 4.45. The van der Waals surface area contributed by atoms with Crippen molar-refractivity contribution in [1.82, 2.24) is 15.3 Å². The molecule has 132 valence electrons. The van der Waals surface area contributed by atoms with Crippen LogP contribution in [-0.2, 0) is 12.8 Å². The van der Waals surface area contributed by atoms with Crippen molar-refractivity contribution >= 4 is 5.91 Å². The topological polar surface area (TPSA) is 57.8 Å². The number of nitrogens with zero attached hydrogens (tertiary/aromatic N) is 1. The Kier molecular flexibility index (Phi) is 4.57. The number of imidazole rings is 1. The van der Waals surface area contributed by atoms with E-state index in [1.165, 1.54) is 24.0 Å². The number of aromatic nitrogens is 2. The number of amides is 1. The van der Waals surface area contributed by atoms with Crippen LogP contribution in [0.2, 0.25) is 0 Å². The van der Waals surface area contributed by atoms with Crippen molar-refractivity contribution in [3.63, 3.8) is 0 Å². The van der Waals surface area contributed by atoms with Crippen LogP contribution in [0.5, 0.6) is 0 Å². The van der Waals surface area contributed by atoms with Crippen LogP contribution in [0.25, 0.3) is 11.3 Å². The molecule has 0 bridgehead atoms. The van der Waals surface area contributed by atoms with Gasteiger partial charge < -0.3 is 10.3 Å². The molecule has 0 aliphatic heterocycles. The third-order valence-electron chi connectivity index (χ3n) is 5.05. The number of hydrogen-bond acceptors (Lipinski definition) is 2. The summed E-state index contributed by atoms with van der Waals surface area (Å²) in [7, 11) is 0. The molecule has 0 fully saturated rings. The van der Waals surface area contributed by atoms with Crippen LogP contribution in [-0.4, -0.2) is 15.9 Å². The molecule has 1 atom stereocenters. The highest BCUT2D eigenvalue weighted by Crippen LogP contribution is 2.23. The van der Waals surface area contributed by atoms with Crippen molar-refractivity contribution in [3.05, 3.63) is 77.2 Å². The van der Waals surface area contributed by atoms with E-state index < -0.39 is 0 Å². The van der Waals surface area contributed by atoms with Crippen molar-refractivity contribution in [1.29, 1.82) is 0 Å². The van der Waals surface area contributed by atoms with Gasteiger partial charge in [-0.25, -0.2) is 4.98 Å². The van der Waals surface area contributed by atoms with Crippen LogP contribution < -0.4 is 5.32 Å². The molecular weight excluding hydrogens is 322 g/mol. The zero-order chi connectivity index (χ0) is 17.9. The highest BCUT2D eigenvalue weighted by molar-refractivity contribution is 5.94. The molecule has 1 unspecified atom stereocenters. The van der Waals surface area contributed by atoms with Gasteiger partial charge in [0.1, 0.15) is 5.82 Å². The van der Waals surface area contributed by atoms with Gasteiger partial charge in [0.15, 0.2) is 0 Å². The fraction of sp³-hybridized carbons (Fsp3) is 0.273. The molecule has 4 nitrogen and oxygen atoms in total. The maximum Gasteiger partial charge on any atom is 0.251 e. The highest BCUT2D eigenvalue weighted by Gasteiger charge is 2.17. The summed E-state index contributed by atoms with van der Waals surface area (Å²) in [5.41, 5.74) is 5.47. The minimum Gasteiger partial charge on any atom is -0.342 e. The fourth-order valence-electron chi connectivity index (χ4n) is 3.54. The lowest BCUT2D eigenvalue weighted by molar-refractivity contribution is 0.0938. The van der Waals surface area contributed by atoms with Gasteiger partial charge in [-0.3, -0.25) is 4.79 Å². The summed E-state index contributed by atoms with van der Waals surface area (Å²) in [6.45, 7) is 1.95. The Labute approximate surface area is 153 Å². The number of aromatic amines is 1. The van der Waals surface area contributed by atoms with E-state index in [0.29, 0.717) is 0 Å². The average molecular weight is 345 g/mol. The van der Waals surface area contributed by atoms with Crippen LogP contribution in [0.1, 0.15) is 53.1 Å². The number of benzene rings is 2. The molecule has 0 saturated carbocycles. The molecule has 4 heteroatoms. The molecule has 0 spiro atoms. The summed E-state index contributed by atoms with van der Waals surface area (Å²) in [4.78, 5) is 20.4. The first-order valence-electron chi connectivity index (χ1n) is 9.24. The molecule has 4 rings (SSSR count). The zero-order valence-electron chi connectivity index (χ0n) is 15.0. The van der Waals surface area contributed by atoms with Crippen molar-refractivity contribution < 1.29 is 4.79 Å². The Morgan fingerprint density at radius 3 is 2.65 bits per heavy atom. The molecule has 2 aromatic carbocycles. The Balaban J connectivity index is 1.47. The summed E-state index contributed by atoms with van der Waals surface area (Å²) >= 11 is 0. The number of rotatable bonds is 4. The smallest absolute Gasteiger partial charge is 0.251 e. The number of hydrogen-bond donors (Lipinski definition) is 2. The van der Waals surface area contributed by atoms with E-state index in [9.17, 15) is 4.79 Å². The van der Waals surface area contributed by atoms with Gasteiger partial charge >= 0.3 is 0 Å². The number of carbonyl (C=O) groups is 1. The van der Waals surface area contributed by atoms with Gasteiger partial charge in [0.05, 0.1) is 17.9 Å². The molecule has 1 heterocycles. The molecule has 1 aliphatic carbocycles. The SMILES string of the molecule is CC(NC(=O)c1ccc2c(c1)CCCC2)c1ncc(-c2ccccc2)[nH]1. The van der Waals surface area contributed by atoms with E-state index in [2.05, 4.69) is 21.4 Å². The summed E-state index contributed by atoms with van der Waals surface area (Å²) in [5.74, 6) is 0.707. The third kappa shape index (κ3) is 3.40. The second-order valence-electron chi connectivity index (χ2n) is 6.93. The monoisotopic (exact) mass is 345 g/mol. The molecule has 1 aromatic heterocycles. The Morgan fingerprint density at radius 2 is 1.85 bits per heavy atom. The number of carbonyl (C=O) groups excluding carboxylic acids is 1. The maximum atomic E-state index is 12.6. The standard InChI is InChI=1S/C22H23N3O/c1-15(21-23-14-20(25-21)17-8-3-2-4-9-17)24-22(26)19-12-11-16-7-5-6-10-18(16)13-19/h2-4,8-9,11-15H,5-7,10H2,1H3,(H,23,25)(H,24,26). The number of fused-ring (bicyclic) bond motifs is 1. The van der Waals surface area contributed by atoms with Crippen LogP contribution in [0.3, 0.4) is 0 Å². The summed E-state index contributed by atoms with van der Waals surface area (Å²) in [6.07, 6.45) is 6.47. The predicted molar refractivity (Wildman–Crippen MR) is 103 cm³/mol. The third-order valence-corrected chi connectivity index (χ3v) is 5.05. The van der Waals surface area contributed by atoms with Gasteiger partial charge in [-0.15, -0.1) is 0 Å². The first kappa shape index (κ1) is 16.6. The van der Waals surface area contributed by atoms with Gasteiger partial charge in [0.2, 0.25) is 0 Å². The lowest BCUT2D eigenvalue weighted by Gasteiger charge is -2.17. The lowest BCUT2D eigenvalue weighted by atomic mass is 9.90. The van der Waals surface area contributed by atoms with Crippen LogP contribution in [0.4, 0.5) is 0 Å². The summed E-state index contributed by atoms with van der Waals surface area (Å²) in [5, 5.41) is 3.05. The molecule has 3 aromatic rings. The summed E-state index contributed by atoms with van der Waals surface area (Å²) < 4.78 is 0. The lowest BCUT2D eigenvalue weighted by Crippen LogP contribution is -2.27. The molecule has 1 amide bonds. The van der Waals surface area contributed by atoms with Crippen molar-refractivity contribution in [2.45, 2.75) is 38.6 Å². The summed E-state index contributed by atoms with van der Waals surface area (Å²) in [6, 6.07) is 16.0. The number of nitrogens with one attached hydrogen (secondary N) is 2. The quantitative estimate of drug-likeness (QED) is 0.734. The van der Waals surface area contributed by atoms with Gasteiger partial charge in [0.25, 0.3) is 5.91 Å². The van der Waals surface area contributed by atoms with Crippen LogP contribution in [0.15, 0.2) is 54.7 Å². The Bertz CT molecular complexity index is 914. The minimum atomic E-state index is -0.184. The molecule has 2 N–H and O–H groups in total. The second-order valence-corrected chi connectivity index (χ2v) is 6.93. The first-order chi connectivity index (χ1) is 12.7. The molecule has 0 radical (unpaired) electrons. The van der Waals surface area contributed by atoms with Crippen LogP contribution in [0, 0.1) is 0 Å². The van der Waals surface area contributed by atoms with E-state index in [0.717, 1.165) is 35.5 Å². The average Bonchev–Trinajstić information content (AvgIpc) is 3.18. The van der Waals surface area contributed by atoms with E-state index in [4.69, 9.17) is 0 Å². The Morgan fingerprint density at radius 1 is 1.08 bits per heavy atom. The van der Waals surface area contributed by atoms with E-state index >= 15 is 0 Å². The Hall–Kier alpha value is -2.88. The van der Waals surface area contributed by atoms with Gasteiger partial charge in [-0.2, -0.15) is 0 Å². The van der Waals surface area contributed by atoms with Crippen molar-refractivity contribution in [2.75, 3.05) is 0 Å². The largest absolute Gasteiger partial charge is 0.342 e. The van der Waals surface area contributed by atoms with Crippen molar-refractivity contribution in [2.24, 2.45) is 0 Å². The maximum absolute atomic E-state index is 12.6. The fourth-order valence-corrected chi connectivity index (χ4v) is 3.54. The van der Waals surface area contributed by atoms with Crippen molar-refractivity contribution in [3.8, 4) is 11.3 Å². The van der Waals surface area contributed by atoms with Gasteiger partial charge in [0, 0.05) is 5.56 Å². The zero-order valence-corrected chi connectivity index (χ0v) is 15.0. The van der Waals surface area contributed by atoms with E-state index in [1.807, 2.05) is 55.6 Å². The molecule has 26 heavy (non-hydrogen) atoms. The molecule has 1 aliphatic rings. The molecule has 0 saturated heterocycles.